The van der Waals surface area contributed by atoms with Crippen molar-refractivity contribution in [1.82, 2.24) is 30.3 Å². The molecule has 29 heavy (non-hydrogen) atoms. The molecule has 3 rings (SSSR count). The van der Waals surface area contributed by atoms with Crippen LogP contribution in [0.5, 0.6) is 0 Å². The molecule has 0 bridgehead atoms. The molecule has 162 valence electrons. The number of aromatic nitrogens is 3. The van der Waals surface area contributed by atoms with Crippen LogP contribution in [-0.4, -0.2) is 64.4 Å². The number of hydrogen-bond donors (Lipinski definition) is 2. The monoisotopic (exact) mass is 531 g/mol. The molecule has 3 heterocycles. The third kappa shape index (κ3) is 7.53. The molecule has 1 fully saturated rings. The SMILES string of the molecule is CCc1nncn1CCNC(=NCC1CCCN1CC)NCCc1cccs1.I. The lowest BCUT2D eigenvalue weighted by Crippen LogP contribution is -2.41. The van der Waals surface area contributed by atoms with E-state index in [1.807, 2.05) is 11.3 Å². The van der Waals surface area contributed by atoms with E-state index in [0.717, 1.165) is 57.3 Å². The Morgan fingerprint density at radius 3 is 2.93 bits per heavy atom. The molecule has 0 saturated carbocycles. The molecule has 2 aromatic heterocycles. The highest BCUT2D eigenvalue weighted by Crippen LogP contribution is 2.16. The Bertz CT molecular complexity index is 716. The Hall–Kier alpha value is -1.20. The van der Waals surface area contributed by atoms with E-state index in [2.05, 4.69) is 61.7 Å². The van der Waals surface area contributed by atoms with Gasteiger partial charge in [0, 0.05) is 37.0 Å². The number of halogens is 1. The summed E-state index contributed by atoms with van der Waals surface area (Å²) in [6, 6.07) is 4.87. The van der Waals surface area contributed by atoms with Crippen LogP contribution in [0.2, 0.25) is 0 Å². The summed E-state index contributed by atoms with van der Waals surface area (Å²) in [5.41, 5.74) is 0. The van der Waals surface area contributed by atoms with Crippen molar-refractivity contribution in [3.05, 3.63) is 34.5 Å². The van der Waals surface area contributed by atoms with Gasteiger partial charge < -0.3 is 15.2 Å². The van der Waals surface area contributed by atoms with Gasteiger partial charge in [-0.15, -0.1) is 45.5 Å². The van der Waals surface area contributed by atoms with Crippen molar-refractivity contribution < 1.29 is 0 Å². The van der Waals surface area contributed by atoms with Crippen molar-refractivity contribution in [2.45, 2.75) is 52.1 Å². The molecule has 2 N–H and O–H groups in total. The molecule has 0 aliphatic carbocycles. The zero-order valence-corrected chi connectivity index (χ0v) is 20.7. The first-order chi connectivity index (χ1) is 13.8. The van der Waals surface area contributed by atoms with Gasteiger partial charge in [-0.05, 0) is 43.8 Å². The normalized spacial score (nSPS) is 17.3. The number of aryl methyl sites for hydroxylation is 1. The molecule has 1 saturated heterocycles. The van der Waals surface area contributed by atoms with Gasteiger partial charge in [-0.1, -0.05) is 19.9 Å². The Labute approximate surface area is 195 Å². The molecule has 9 heteroatoms. The molecule has 1 aliphatic rings. The van der Waals surface area contributed by atoms with E-state index in [0.29, 0.717) is 6.04 Å². The van der Waals surface area contributed by atoms with Gasteiger partial charge in [0.15, 0.2) is 5.96 Å². The second-order valence-electron chi connectivity index (χ2n) is 7.09. The van der Waals surface area contributed by atoms with Crippen LogP contribution in [0.25, 0.3) is 0 Å². The van der Waals surface area contributed by atoms with E-state index in [9.17, 15) is 0 Å². The number of guanidine groups is 1. The summed E-state index contributed by atoms with van der Waals surface area (Å²) in [6.45, 7) is 10.1. The first-order valence-electron chi connectivity index (χ1n) is 10.5. The van der Waals surface area contributed by atoms with Crippen LogP contribution in [0.4, 0.5) is 0 Å². The third-order valence-corrected chi connectivity index (χ3v) is 6.20. The molecule has 0 radical (unpaired) electrons. The van der Waals surface area contributed by atoms with Crippen LogP contribution in [0.1, 0.15) is 37.4 Å². The van der Waals surface area contributed by atoms with Crippen molar-refractivity contribution in [2.24, 2.45) is 4.99 Å². The van der Waals surface area contributed by atoms with E-state index in [-0.39, 0.29) is 24.0 Å². The molecule has 0 amide bonds. The fourth-order valence-electron chi connectivity index (χ4n) is 3.68. The lowest BCUT2D eigenvalue weighted by atomic mass is 10.2. The number of nitrogens with zero attached hydrogens (tertiary/aromatic N) is 5. The van der Waals surface area contributed by atoms with E-state index >= 15 is 0 Å². The van der Waals surface area contributed by atoms with Crippen LogP contribution >= 0.6 is 35.3 Å². The molecule has 0 aromatic carbocycles. The molecule has 1 aliphatic heterocycles. The highest BCUT2D eigenvalue weighted by atomic mass is 127. The third-order valence-electron chi connectivity index (χ3n) is 5.27. The van der Waals surface area contributed by atoms with Crippen molar-refractivity contribution in [2.75, 3.05) is 32.7 Å². The van der Waals surface area contributed by atoms with Gasteiger partial charge in [0.05, 0.1) is 6.54 Å². The van der Waals surface area contributed by atoms with Crippen molar-refractivity contribution in [3.63, 3.8) is 0 Å². The van der Waals surface area contributed by atoms with Gasteiger partial charge in [-0.25, -0.2) is 0 Å². The fraction of sp³-hybridized carbons (Fsp3) is 0.650. The van der Waals surface area contributed by atoms with Crippen LogP contribution < -0.4 is 10.6 Å². The summed E-state index contributed by atoms with van der Waals surface area (Å²) in [5, 5.41) is 17.3. The van der Waals surface area contributed by atoms with Crippen LogP contribution in [-0.2, 0) is 19.4 Å². The fourth-order valence-corrected chi connectivity index (χ4v) is 4.39. The van der Waals surface area contributed by atoms with Crippen LogP contribution in [0.15, 0.2) is 28.8 Å². The second kappa shape index (κ2) is 13.2. The van der Waals surface area contributed by atoms with Gasteiger partial charge >= 0.3 is 0 Å². The lowest BCUT2D eigenvalue weighted by molar-refractivity contribution is 0.273. The smallest absolute Gasteiger partial charge is 0.191 e. The topological polar surface area (TPSA) is 70.4 Å². The van der Waals surface area contributed by atoms with Gasteiger partial charge in [-0.3, -0.25) is 9.89 Å². The maximum atomic E-state index is 4.90. The molecule has 0 spiro atoms. The molecule has 1 unspecified atom stereocenters. The molecule has 1 atom stereocenters. The first kappa shape index (κ1) is 24.1. The Morgan fingerprint density at radius 2 is 2.17 bits per heavy atom. The average Bonchev–Trinajstić information content (AvgIpc) is 3.46. The Balaban J connectivity index is 0.00000300. The molecule has 7 nitrogen and oxygen atoms in total. The number of nitrogens with one attached hydrogen (secondary N) is 2. The minimum atomic E-state index is 0. The van der Waals surface area contributed by atoms with Gasteiger partial charge in [0.25, 0.3) is 0 Å². The largest absolute Gasteiger partial charge is 0.356 e. The summed E-state index contributed by atoms with van der Waals surface area (Å²) in [7, 11) is 0. The second-order valence-corrected chi connectivity index (χ2v) is 8.12. The Morgan fingerprint density at radius 1 is 1.31 bits per heavy atom. The van der Waals surface area contributed by atoms with E-state index < -0.39 is 0 Å². The predicted molar refractivity (Wildman–Crippen MR) is 131 cm³/mol. The summed E-state index contributed by atoms with van der Waals surface area (Å²) in [5.74, 6) is 1.93. The highest BCUT2D eigenvalue weighted by Gasteiger charge is 2.22. The Kier molecular flexibility index (Phi) is 10.9. The summed E-state index contributed by atoms with van der Waals surface area (Å²) >= 11 is 1.81. The maximum absolute atomic E-state index is 4.90. The number of hydrogen-bond acceptors (Lipinski definition) is 5. The first-order valence-corrected chi connectivity index (χ1v) is 11.3. The summed E-state index contributed by atoms with van der Waals surface area (Å²) in [6.07, 6.45) is 6.26. The number of thiophene rings is 1. The number of rotatable bonds is 10. The standard InChI is InChI=1S/C20H33N7S.HI/c1-3-19-25-24-16-27(19)13-11-22-20(21-10-9-18-8-6-14-28-18)23-15-17-7-5-12-26(17)4-2;/h6,8,14,16-17H,3-5,7,9-13,15H2,1-2H3,(H2,21,22,23);1H. The van der Waals surface area contributed by atoms with Crippen molar-refractivity contribution in [3.8, 4) is 0 Å². The van der Waals surface area contributed by atoms with Gasteiger partial charge in [0.2, 0.25) is 0 Å². The molecular formula is C20H34IN7S. The lowest BCUT2D eigenvalue weighted by Gasteiger charge is -2.21. The predicted octanol–water partition coefficient (Wildman–Crippen LogP) is 2.78. The van der Waals surface area contributed by atoms with Gasteiger partial charge in [-0.2, -0.15) is 0 Å². The molecule has 2 aromatic rings. The minimum Gasteiger partial charge on any atom is -0.356 e. The highest BCUT2D eigenvalue weighted by molar-refractivity contribution is 14.0. The van der Waals surface area contributed by atoms with E-state index in [1.54, 1.807) is 6.33 Å². The van der Waals surface area contributed by atoms with Crippen LogP contribution in [0, 0.1) is 0 Å². The van der Waals surface area contributed by atoms with Crippen molar-refractivity contribution in [1.29, 1.82) is 0 Å². The van der Waals surface area contributed by atoms with Gasteiger partial charge in [0.1, 0.15) is 12.2 Å². The number of aliphatic imine (C=N–C) groups is 1. The maximum Gasteiger partial charge on any atom is 0.191 e. The summed E-state index contributed by atoms with van der Waals surface area (Å²) < 4.78 is 2.10. The van der Waals surface area contributed by atoms with Crippen LogP contribution in [0.3, 0.4) is 0 Å². The average molecular weight is 532 g/mol. The zero-order chi connectivity index (χ0) is 19.6. The van der Waals surface area contributed by atoms with Crippen molar-refractivity contribution >= 4 is 41.3 Å². The van der Waals surface area contributed by atoms with E-state index in [4.69, 9.17) is 4.99 Å². The number of likely N-dealkylation sites (tertiary alicyclic amines) is 1. The zero-order valence-electron chi connectivity index (χ0n) is 17.5. The number of likely N-dealkylation sites (N-methyl/N-ethyl adjacent to an activating group) is 1. The molecular weight excluding hydrogens is 497 g/mol. The minimum absolute atomic E-state index is 0. The summed E-state index contributed by atoms with van der Waals surface area (Å²) in [4.78, 5) is 8.84. The van der Waals surface area contributed by atoms with E-state index in [1.165, 1.54) is 24.3 Å². The quantitative estimate of drug-likeness (QED) is 0.281.